The number of hydrogen-bond acceptors (Lipinski definition) is 3. The quantitative estimate of drug-likeness (QED) is 0.638. The second-order valence-corrected chi connectivity index (χ2v) is 6.14. The molecule has 0 aromatic heterocycles. The van der Waals surface area contributed by atoms with E-state index in [1.54, 1.807) is 18.0 Å². The molecule has 0 spiro atoms. The Morgan fingerprint density at radius 1 is 1.33 bits per heavy atom. The van der Waals surface area contributed by atoms with Gasteiger partial charge in [0.15, 0.2) is 0 Å². The average molecular weight is 327 g/mol. The van der Waals surface area contributed by atoms with Crippen molar-refractivity contribution < 1.29 is 9.59 Å². The van der Waals surface area contributed by atoms with Crippen LogP contribution < -0.4 is 5.73 Å². The van der Waals surface area contributed by atoms with Crippen LogP contribution in [-0.4, -0.2) is 54.3 Å². The molecule has 1 aliphatic rings. The summed E-state index contributed by atoms with van der Waals surface area (Å²) in [6.45, 7) is 3.87. The van der Waals surface area contributed by atoms with Gasteiger partial charge in [0.1, 0.15) is 0 Å². The topological polar surface area (TPSA) is 66.6 Å². The van der Waals surface area contributed by atoms with Gasteiger partial charge in [0.2, 0.25) is 11.8 Å². The Labute approximate surface area is 143 Å². The zero-order valence-corrected chi connectivity index (χ0v) is 14.3. The van der Waals surface area contributed by atoms with Crippen LogP contribution in [0.4, 0.5) is 0 Å². The summed E-state index contributed by atoms with van der Waals surface area (Å²) in [5, 5.41) is 0. The number of nitrogens with zero attached hydrogens (tertiary/aromatic N) is 2. The lowest BCUT2D eigenvalue weighted by Crippen LogP contribution is -2.46. The summed E-state index contributed by atoms with van der Waals surface area (Å²) in [4.78, 5) is 27.3. The smallest absolute Gasteiger partial charge is 0.246 e. The number of benzene rings is 1. The van der Waals surface area contributed by atoms with Crippen molar-refractivity contribution in [3.63, 3.8) is 0 Å². The van der Waals surface area contributed by atoms with E-state index >= 15 is 0 Å². The molecule has 1 aromatic carbocycles. The Bertz CT molecular complexity index is 637. The Morgan fingerprint density at radius 3 is 2.71 bits per heavy atom. The molecule has 2 rings (SSSR count). The highest BCUT2D eigenvalue weighted by atomic mass is 16.2. The molecule has 1 unspecified atom stereocenters. The largest absolute Gasteiger partial charge is 0.368 e. The van der Waals surface area contributed by atoms with Crippen molar-refractivity contribution in [2.24, 2.45) is 5.73 Å². The van der Waals surface area contributed by atoms with Crippen LogP contribution in [0.2, 0.25) is 0 Å². The molecule has 5 heteroatoms. The van der Waals surface area contributed by atoms with Crippen molar-refractivity contribution in [3.05, 3.63) is 53.6 Å². The van der Waals surface area contributed by atoms with Crippen molar-refractivity contribution in [1.82, 2.24) is 9.80 Å². The number of nitrogens with two attached hydrogens (primary N) is 1. The minimum Gasteiger partial charge on any atom is -0.368 e. The first-order valence-electron chi connectivity index (χ1n) is 8.17. The van der Waals surface area contributed by atoms with E-state index in [1.165, 1.54) is 0 Å². The second-order valence-electron chi connectivity index (χ2n) is 6.14. The minimum atomic E-state index is -0.313. The van der Waals surface area contributed by atoms with Crippen LogP contribution in [-0.2, 0) is 9.59 Å². The molecule has 5 nitrogen and oxygen atoms in total. The average Bonchev–Trinajstić information content (AvgIpc) is 2.60. The van der Waals surface area contributed by atoms with Crippen molar-refractivity contribution in [2.45, 2.75) is 19.4 Å². The molecule has 1 aromatic rings. The van der Waals surface area contributed by atoms with Crippen molar-refractivity contribution in [2.75, 3.05) is 26.7 Å². The van der Waals surface area contributed by atoms with E-state index < -0.39 is 0 Å². The standard InChI is InChI=1S/C19H25N3O2/c1-15(19(20)24)22-12-6-9-17(14-22)13-21(2)18(23)11-10-16-7-4-3-5-8-16/h3-5,7-11,15H,6,12-14H2,1-2H3,(H2,20,24). The molecule has 0 aliphatic carbocycles. The number of amides is 2. The molecule has 128 valence electrons. The number of primary amides is 1. The summed E-state index contributed by atoms with van der Waals surface area (Å²) in [7, 11) is 1.79. The molecule has 1 heterocycles. The van der Waals surface area contributed by atoms with Gasteiger partial charge in [0.05, 0.1) is 6.04 Å². The predicted octanol–water partition coefficient (Wildman–Crippen LogP) is 1.66. The molecule has 24 heavy (non-hydrogen) atoms. The first-order chi connectivity index (χ1) is 11.5. The third kappa shape index (κ3) is 5.06. The fourth-order valence-corrected chi connectivity index (χ4v) is 2.71. The Morgan fingerprint density at radius 2 is 2.04 bits per heavy atom. The summed E-state index contributed by atoms with van der Waals surface area (Å²) in [5.74, 6) is -0.355. The molecule has 2 N–H and O–H groups in total. The van der Waals surface area contributed by atoms with E-state index in [2.05, 4.69) is 11.0 Å². The van der Waals surface area contributed by atoms with Crippen molar-refractivity contribution >= 4 is 17.9 Å². The van der Waals surface area contributed by atoms with Crippen LogP contribution >= 0.6 is 0 Å². The lowest BCUT2D eigenvalue weighted by molar-refractivity contribution is -0.125. The maximum atomic E-state index is 12.2. The molecular formula is C19H25N3O2. The zero-order valence-electron chi connectivity index (χ0n) is 14.3. The van der Waals surface area contributed by atoms with Crippen LogP contribution in [0.1, 0.15) is 18.9 Å². The summed E-state index contributed by atoms with van der Waals surface area (Å²) < 4.78 is 0. The van der Waals surface area contributed by atoms with Gasteiger partial charge >= 0.3 is 0 Å². The van der Waals surface area contributed by atoms with Crippen molar-refractivity contribution in [1.29, 1.82) is 0 Å². The molecule has 0 saturated carbocycles. The van der Waals surface area contributed by atoms with Gasteiger partial charge in [-0.15, -0.1) is 0 Å². The molecule has 1 aliphatic heterocycles. The Kier molecular flexibility index (Phi) is 6.32. The SMILES string of the molecule is CC(C(N)=O)N1CCC=C(CN(C)C(=O)C=Cc2ccccc2)C1. The van der Waals surface area contributed by atoms with Gasteiger partial charge < -0.3 is 10.6 Å². The molecule has 2 amide bonds. The fourth-order valence-electron chi connectivity index (χ4n) is 2.71. The number of carbonyl (C=O) groups excluding carboxylic acids is 2. The van der Waals surface area contributed by atoms with E-state index in [9.17, 15) is 9.59 Å². The van der Waals surface area contributed by atoms with E-state index in [0.29, 0.717) is 13.1 Å². The van der Waals surface area contributed by atoms with Gasteiger partial charge in [0, 0.05) is 32.8 Å². The zero-order chi connectivity index (χ0) is 17.5. The van der Waals surface area contributed by atoms with Gasteiger partial charge in [-0.3, -0.25) is 14.5 Å². The van der Waals surface area contributed by atoms with Crippen LogP contribution in [0.5, 0.6) is 0 Å². The molecule has 0 saturated heterocycles. The molecule has 0 bridgehead atoms. The van der Waals surface area contributed by atoms with E-state index in [0.717, 1.165) is 24.1 Å². The van der Waals surface area contributed by atoms with Gasteiger partial charge in [-0.25, -0.2) is 0 Å². The second kappa shape index (κ2) is 8.45. The maximum Gasteiger partial charge on any atom is 0.246 e. The third-order valence-corrected chi connectivity index (χ3v) is 4.25. The van der Waals surface area contributed by atoms with Gasteiger partial charge in [0.25, 0.3) is 0 Å². The fraction of sp³-hybridized carbons (Fsp3) is 0.368. The number of hydrogen-bond donors (Lipinski definition) is 1. The highest BCUT2D eigenvalue weighted by Crippen LogP contribution is 2.14. The lowest BCUT2D eigenvalue weighted by Gasteiger charge is -2.32. The molecular weight excluding hydrogens is 302 g/mol. The van der Waals surface area contributed by atoms with E-state index in [-0.39, 0.29) is 17.9 Å². The van der Waals surface area contributed by atoms with E-state index in [1.807, 2.05) is 43.3 Å². The summed E-state index contributed by atoms with van der Waals surface area (Å²) in [6.07, 6.45) is 6.42. The number of likely N-dealkylation sites (N-methyl/N-ethyl adjacent to an activating group) is 1. The van der Waals surface area contributed by atoms with Crippen molar-refractivity contribution in [3.8, 4) is 0 Å². The van der Waals surface area contributed by atoms with Crippen LogP contribution in [0.3, 0.4) is 0 Å². The number of rotatable bonds is 6. The first-order valence-corrected chi connectivity index (χ1v) is 8.17. The highest BCUT2D eigenvalue weighted by Gasteiger charge is 2.22. The van der Waals surface area contributed by atoms with Crippen LogP contribution in [0.25, 0.3) is 6.08 Å². The Balaban J connectivity index is 1.90. The summed E-state index contributed by atoms with van der Waals surface area (Å²) >= 11 is 0. The molecule has 0 radical (unpaired) electrons. The molecule has 1 atom stereocenters. The molecule has 0 fully saturated rings. The lowest BCUT2D eigenvalue weighted by atomic mass is 10.1. The monoisotopic (exact) mass is 327 g/mol. The van der Waals surface area contributed by atoms with Gasteiger partial charge in [-0.2, -0.15) is 0 Å². The summed E-state index contributed by atoms with van der Waals surface area (Å²) in [5.41, 5.74) is 7.52. The maximum absolute atomic E-state index is 12.2. The van der Waals surface area contributed by atoms with E-state index in [4.69, 9.17) is 5.73 Å². The normalized spacial score (nSPS) is 16.7. The minimum absolute atomic E-state index is 0.0418. The van der Waals surface area contributed by atoms with Crippen LogP contribution in [0.15, 0.2) is 48.1 Å². The highest BCUT2D eigenvalue weighted by molar-refractivity contribution is 5.91. The van der Waals surface area contributed by atoms with Gasteiger partial charge in [-0.05, 0) is 30.6 Å². The Hall–Kier alpha value is -2.40. The van der Waals surface area contributed by atoms with Crippen LogP contribution in [0, 0.1) is 0 Å². The predicted molar refractivity (Wildman–Crippen MR) is 96.0 cm³/mol. The first kappa shape index (κ1) is 17.9. The third-order valence-electron chi connectivity index (χ3n) is 4.25. The summed E-state index contributed by atoms with van der Waals surface area (Å²) in [6, 6.07) is 9.45. The van der Waals surface area contributed by atoms with Gasteiger partial charge in [-0.1, -0.05) is 36.4 Å². The number of carbonyl (C=O) groups is 2.